The molecule has 1 atom stereocenters. The zero-order chi connectivity index (χ0) is 11.3. The first-order valence-corrected chi connectivity index (χ1v) is 5.32. The molecule has 1 unspecified atom stereocenters. The van der Waals surface area contributed by atoms with Crippen LogP contribution in [0.25, 0.3) is 0 Å². The molecule has 4 heteroatoms. The fraction of sp³-hybridized carbons (Fsp3) is 0.545. The maximum absolute atomic E-state index is 5.56. The van der Waals surface area contributed by atoms with E-state index in [9.17, 15) is 0 Å². The lowest BCUT2D eigenvalue weighted by Crippen LogP contribution is -2.28. The van der Waals surface area contributed by atoms with Gasteiger partial charge in [0.1, 0.15) is 0 Å². The number of nitrogens with zero attached hydrogens (tertiary/aromatic N) is 2. The van der Waals surface area contributed by atoms with E-state index < -0.39 is 0 Å². The van der Waals surface area contributed by atoms with E-state index in [1.54, 1.807) is 0 Å². The summed E-state index contributed by atoms with van der Waals surface area (Å²) in [6.45, 7) is 5.82. The lowest BCUT2D eigenvalue weighted by molar-refractivity contribution is 0.517. The summed E-state index contributed by atoms with van der Waals surface area (Å²) in [4.78, 5) is 0. The molecule has 0 saturated carbocycles. The Hall–Kier alpha value is -1.13. The number of allylic oxidation sites excluding steroid dienone is 1. The number of nitrogens with one attached hydrogen (secondary N) is 1. The van der Waals surface area contributed by atoms with Crippen molar-refractivity contribution in [3.63, 3.8) is 0 Å². The third-order valence-corrected chi connectivity index (χ3v) is 2.51. The molecule has 0 spiro atoms. The maximum atomic E-state index is 5.56. The molecule has 0 aliphatic carbocycles. The van der Waals surface area contributed by atoms with Crippen LogP contribution in [0.15, 0.2) is 18.9 Å². The van der Waals surface area contributed by atoms with Crippen LogP contribution in [-0.2, 0) is 13.5 Å². The minimum absolute atomic E-state index is 0.173. The van der Waals surface area contributed by atoms with E-state index in [1.807, 2.05) is 24.0 Å². The Labute approximate surface area is 91.1 Å². The molecule has 0 bridgehead atoms. The minimum Gasteiger partial charge on any atom is -0.275 e. The predicted octanol–water partition coefficient (Wildman–Crippen LogP) is 1.45. The summed E-state index contributed by atoms with van der Waals surface area (Å²) in [5, 5.41) is 4.40. The predicted molar refractivity (Wildman–Crippen MR) is 62.1 cm³/mol. The second-order valence-electron chi connectivity index (χ2n) is 3.64. The number of aryl methyl sites for hydroxylation is 2. The maximum Gasteiger partial charge on any atom is 0.0670 e. The number of hydrogen-bond acceptors (Lipinski definition) is 3. The zero-order valence-corrected chi connectivity index (χ0v) is 9.53. The summed E-state index contributed by atoms with van der Waals surface area (Å²) < 4.78 is 1.84. The number of rotatable bonds is 6. The number of hydrazine groups is 1. The number of nitrogens with two attached hydrogens (primary N) is 1. The molecule has 0 radical (unpaired) electrons. The molecule has 0 saturated heterocycles. The third kappa shape index (κ3) is 2.91. The Morgan fingerprint density at radius 2 is 2.47 bits per heavy atom. The van der Waals surface area contributed by atoms with E-state index in [0.717, 1.165) is 25.0 Å². The van der Waals surface area contributed by atoms with Crippen LogP contribution in [0.2, 0.25) is 0 Å². The first kappa shape index (κ1) is 11.9. The highest BCUT2D eigenvalue weighted by Gasteiger charge is 2.15. The summed E-state index contributed by atoms with van der Waals surface area (Å²) in [5.41, 5.74) is 5.15. The summed E-state index contributed by atoms with van der Waals surface area (Å²) in [6.07, 6.45) is 6.78. The van der Waals surface area contributed by atoms with Crippen molar-refractivity contribution in [2.45, 2.75) is 32.2 Å². The minimum atomic E-state index is 0.173. The Bertz CT molecular complexity index is 316. The standard InChI is InChI=1S/C11H20N4/c1-4-6-7-11(13-12)9-8-15(3)14-10(9)5-2/h4,8,11,13H,1,5-7,12H2,2-3H3. The molecule has 0 aromatic carbocycles. The summed E-state index contributed by atoms with van der Waals surface area (Å²) in [7, 11) is 1.93. The molecule has 1 rings (SSSR count). The first-order chi connectivity index (χ1) is 7.22. The highest BCUT2D eigenvalue weighted by molar-refractivity contribution is 5.21. The van der Waals surface area contributed by atoms with Gasteiger partial charge in [0.25, 0.3) is 0 Å². The highest BCUT2D eigenvalue weighted by atomic mass is 15.3. The van der Waals surface area contributed by atoms with E-state index in [1.165, 1.54) is 5.56 Å². The molecular formula is C11H20N4. The Kier molecular flexibility index (Phi) is 4.52. The van der Waals surface area contributed by atoms with E-state index in [4.69, 9.17) is 5.84 Å². The Balaban J connectivity index is 2.84. The smallest absolute Gasteiger partial charge is 0.0670 e. The van der Waals surface area contributed by atoms with Crippen LogP contribution in [0, 0.1) is 0 Å². The van der Waals surface area contributed by atoms with Crippen LogP contribution in [0.5, 0.6) is 0 Å². The second kappa shape index (κ2) is 5.68. The van der Waals surface area contributed by atoms with E-state index >= 15 is 0 Å². The monoisotopic (exact) mass is 208 g/mol. The third-order valence-electron chi connectivity index (χ3n) is 2.51. The highest BCUT2D eigenvalue weighted by Crippen LogP contribution is 2.21. The average Bonchev–Trinajstić information content (AvgIpc) is 2.61. The van der Waals surface area contributed by atoms with Crippen molar-refractivity contribution >= 4 is 0 Å². The molecule has 1 heterocycles. The average molecular weight is 208 g/mol. The van der Waals surface area contributed by atoms with Crippen LogP contribution in [-0.4, -0.2) is 9.78 Å². The van der Waals surface area contributed by atoms with Gasteiger partial charge in [0.2, 0.25) is 0 Å². The van der Waals surface area contributed by atoms with Crippen molar-refractivity contribution in [3.05, 3.63) is 30.1 Å². The van der Waals surface area contributed by atoms with Gasteiger partial charge in [0.15, 0.2) is 0 Å². The van der Waals surface area contributed by atoms with Crippen molar-refractivity contribution in [2.75, 3.05) is 0 Å². The van der Waals surface area contributed by atoms with Gasteiger partial charge in [0, 0.05) is 24.8 Å². The largest absolute Gasteiger partial charge is 0.275 e. The molecule has 1 aromatic rings. The van der Waals surface area contributed by atoms with Gasteiger partial charge in [-0.1, -0.05) is 13.0 Å². The molecular weight excluding hydrogens is 188 g/mol. The van der Waals surface area contributed by atoms with Crippen LogP contribution >= 0.6 is 0 Å². The normalized spacial score (nSPS) is 12.7. The second-order valence-corrected chi connectivity index (χ2v) is 3.64. The first-order valence-electron chi connectivity index (χ1n) is 5.32. The van der Waals surface area contributed by atoms with Crippen LogP contribution in [0.3, 0.4) is 0 Å². The Morgan fingerprint density at radius 1 is 1.73 bits per heavy atom. The molecule has 4 nitrogen and oxygen atoms in total. The van der Waals surface area contributed by atoms with Crippen molar-refractivity contribution in [1.29, 1.82) is 0 Å². The van der Waals surface area contributed by atoms with Crippen molar-refractivity contribution in [2.24, 2.45) is 12.9 Å². The number of aromatic nitrogens is 2. The van der Waals surface area contributed by atoms with Crippen molar-refractivity contribution in [3.8, 4) is 0 Å². The van der Waals surface area contributed by atoms with Crippen molar-refractivity contribution in [1.82, 2.24) is 15.2 Å². The Morgan fingerprint density at radius 3 is 3.00 bits per heavy atom. The fourth-order valence-electron chi connectivity index (χ4n) is 1.73. The summed E-state index contributed by atoms with van der Waals surface area (Å²) in [5.74, 6) is 5.56. The zero-order valence-electron chi connectivity index (χ0n) is 9.53. The molecule has 84 valence electrons. The number of hydrogen-bond donors (Lipinski definition) is 2. The van der Waals surface area contributed by atoms with Crippen LogP contribution < -0.4 is 11.3 Å². The molecule has 15 heavy (non-hydrogen) atoms. The summed E-state index contributed by atoms with van der Waals surface area (Å²) >= 11 is 0. The van der Waals surface area contributed by atoms with Gasteiger partial charge < -0.3 is 0 Å². The molecule has 0 aliphatic rings. The molecule has 1 aromatic heterocycles. The van der Waals surface area contributed by atoms with E-state index in [2.05, 4.69) is 24.0 Å². The van der Waals surface area contributed by atoms with Gasteiger partial charge >= 0.3 is 0 Å². The van der Waals surface area contributed by atoms with Gasteiger partial charge in [-0.2, -0.15) is 5.10 Å². The SMILES string of the molecule is C=CCCC(NN)c1cn(C)nc1CC. The topological polar surface area (TPSA) is 55.9 Å². The molecule has 0 aliphatic heterocycles. The quantitative estimate of drug-likeness (QED) is 0.422. The van der Waals surface area contributed by atoms with Crippen LogP contribution in [0.1, 0.15) is 37.1 Å². The van der Waals surface area contributed by atoms with E-state index in [-0.39, 0.29) is 6.04 Å². The fourth-order valence-corrected chi connectivity index (χ4v) is 1.73. The lowest BCUT2D eigenvalue weighted by atomic mass is 10.0. The van der Waals surface area contributed by atoms with E-state index in [0.29, 0.717) is 0 Å². The lowest BCUT2D eigenvalue weighted by Gasteiger charge is -2.14. The summed E-state index contributed by atoms with van der Waals surface area (Å²) in [6, 6.07) is 0.173. The van der Waals surface area contributed by atoms with Crippen molar-refractivity contribution < 1.29 is 0 Å². The van der Waals surface area contributed by atoms with Gasteiger partial charge in [-0.05, 0) is 19.3 Å². The molecule has 0 amide bonds. The van der Waals surface area contributed by atoms with Gasteiger partial charge in [0.05, 0.1) is 5.69 Å². The van der Waals surface area contributed by atoms with Gasteiger partial charge in [-0.3, -0.25) is 16.0 Å². The van der Waals surface area contributed by atoms with Gasteiger partial charge in [-0.15, -0.1) is 6.58 Å². The van der Waals surface area contributed by atoms with Crippen LogP contribution in [0.4, 0.5) is 0 Å². The van der Waals surface area contributed by atoms with Gasteiger partial charge in [-0.25, -0.2) is 0 Å². The molecule has 0 fully saturated rings. The molecule has 3 N–H and O–H groups in total.